The second-order valence-corrected chi connectivity index (χ2v) is 8.50. The van der Waals surface area contributed by atoms with Gasteiger partial charge in [0.05, 0.1) is 0 Å². The fourth-order valence-corrected chi connectivity index (χ4v) is 4.19. The van der Waals surface area contributed by atoms with Crippen LogP contribution in [-0.2, 0) is 6.54 Å². The molecule has 0 aliphatic heterocycles. The van der Waals surface area contributed by atoms with Crippen molar-refractivity contribution in [3.05, 3.63) is 78.1 Å². The molecule has 2 aromatic carbocycles. The second-order valence-electron chi connectivity index (χ2n) is 8.50. The molecule has 3 nitrogen and oxygen atoms in total. The molecule has 0 spiro atoms. The third-order valence-electron chi connectivity index (χ3n) is 6.06. The number of pyridine rings is 1. The first-order valence-corrected chi connectivity index (χ1v) is 12.0. The van der Waals surface area contributed by atoms with Crippen LogP contribution in [0.2, 0.25) is 0 Å². The molecule has 0 aliphatic rings. The van der Waals surface area contributed by atoms with Crippen LogP contribution in [0.5, 0.6) is 0 Å². The standard InChI is InChI=1S/C28H37N2O.BrH/c29-20-11-7-5-3-1-2-4-6-8-12-21-30-22-18-25(19-23-30)28(31)27-17-13-15-24-14-9-10-16-26(24)27;/h9-10,13-19,22-23H,1-8,11-12,20-21,29H2;1H/q+1;/p-1. The Labute approximate surface area is 203 Å². The van der Waals surface area contributed by atoms with Gasteiger partial charge in [0.2, 0.25) is 0 Å². The molecule has 0 saturated carbocycles. The van der Waals surface area contributed by atoms with E-state index in [1.54, 1.807) is 0 Å². The van der Waals surface area contributed by atoms with Crippen LogP contribution in [0.25, 0.3) is 10.8 Å². The molecule has 32 heavy (non-hydrogen) atoms. The molecule has 4 heteroatoms. The minimum atomic E-state index is 0. The highest BCUT2D eigenvalue weighted by atomic mass is 79.9. The summed E-state index contributed by atoms with van der Waals surface area (Å²) < 4.78 is 2.19. The minimum Gasteiger partial charge on any atom is -1.00 e. The molecule has 2 N–H and O–H groups in total. The predicted octanol–water partition coefficient (Wildman–Crippen LogP) is 3.22. The number of nitrogens with zero attached hydrogens (tertiary/aromatic N) is 1. The number of rotatable bonds is 14. The lowest BCUT2D eigenvalue weighted by Crippen LogP contribution is -3.00. The van der Waals surface area contributed by atoms with Crippen molar-refractivity contribution in [2.45, 2.75) is 70.8 Å². The largest absolute Gasteiger partial charge is 1.00 e. The minimum absolute atomic E-state index is 0. The van der Waals surface area contributed by atoms with Crippen LogP contribution in [0.3, 0.4) is 0 Å². The van der Waals surface area contributed by atoms with Crippen LogP contribution in [0.4, 0.5) is 0 Å². The van der Waals surface area contributed by atoms with E-state index >= 15 is 0 Å². The fourth-order valence-electron chi connectivity index (χ4n) is 4.19. The average Bonchev–Trinajstić information content (AvgIpc) is 2.82. The Morgan fingerprint density at radius 3 is 1.91 bits per heavy atom. The number of halogens is 1. The van der Waals surface area contributed by atoms with Crippen molar-refractivity contribution < 1.29 is 26.3 Å². The van der Waals surface area contributed by atoms with Crippen LogP contribution in [0.1, 0.15) is 80.1 Å². The van der Waals surface area contributed by atoms with Gasteiger partial charge in [0, 0.05) is 29.7 Å². The topological polar surface area (TPSA) is 47.0 Å². The molecular weight excluding hydrogens is 460 g/mol. The van der Waals surface area contributed by atoms with Crippen molar-refractivity contribution in [2.75, 3.05) is 6.54 Å². The van der Waals surface area contributed by atoms with Crippen molar-refractivity contribution in [3.8, 4) is 0 Å². The van der Waals surface area contributed by atoms with Gasteiger partial charge in [-0.2, -0.15) is 0 Å². The van der Waals surface area contributed by atoms with Crippen LogP contribution < -0.4 is 27.3 Å². The lowest BCUT2D eigenvalue weighted by atomic mass is 9.98. The smallest absolute Gasteiger partial charge is 0.194 e. The highest BCUT2D eigenvalue weighted by Gasteiger charge is 2.13. The number of ketones is 1. The number of fused-ring (bicyclic) bond motifs is 1. The van der Waals surface area contributed by atoms with Crippen molar-refractivity contribution in [3.63, 3.8) is 0 Å². The van der Waals surface area contributed by atoms with Crippen LogP contribution in [-0.4, -0.2) is 12.3 Å². The maximum Gasteiger partial charge on any atom is 0.194 e. The summed E-state index contributed by atoms with van der Waals surface area (Å²) in [4.78, 5) is 13.0. The molecule has 0 amide bonds. The van der Waals surface area contributed by atoms with Gasteiger partial charge in [0.1, 0.15) is 6.54 Å². The Hall–Kier alpha value is -2.04. The first kappa shape index (κ1) is 26.2. The first-order valence-electron chi connectivity index (χ1n) is 12.0. The number of unbranched alkanes of at least 4 members (excludes halogenated alkanes) is 9. The number of benzene rings is 2. The average molecular weight is 498 g/mol. The number of carbonyl (C=O) groups excluding carboxylic acids is 1. The molecule has 0 bridgehead atoms. The zero-order valence-corrected chi connectivity index (χ0v) is 20.7. The number of hydrogen-bond donors (Lipinski definition) is 1. The van der Waals surface area contributed by atoms with E-state index in [2.05, 4.69) is 16.7 Å². The maximum absolute atomic E-state index is 13.0. The van der Waals surface area contributed by atoms with Crippen molar-refractivity contribution in [1.29, 1.82) is 0 Å². The van der Waals surface area contributed by atoms with Gasteiger partial charge in [-0.05, 0) is 30.2 Å². The highest BCUT2D eigenvalue weighted by Crippen LogP contribution is 2.21. The zero-order chi connectivity index (χ0) is 21.7. The second kappa shape index (κ2) is 14.9. The number of nitrogens with two attached hydrogens (primary N) is 1. The SMILES string of the molecule is NCCCCCCCCCCCC[n+]1ccc(C(=O)c2cccc3ccccc23)cc1.[Br-]. The van der Waals surface area contributed by atoms with Crippen molar-refractivity contribution in [1.82, 2.24) is 0 Å². The predicted molar refractivity (Wildman–Crippen MR) is 129 cm³/mol. The van der Waals surface area contributed by atoms with Crippen LogP contribution >= 0.6 is 0 Å². The summed E-state index contributed by atoms with van der Waals surface area (Å²) in [7, 11) is 0. The summed E-state index contributed by atoms with van der Waals surface area (Å²) in [6.07, 6.45) is 17.1. The van der Waals surface area contributed by atoms with Gasteiger partial charge < -0.3 is 22.7 Å². The number of carbonyl (C=O) groups is 1. The summed E-state index contributed by atoms with van der Waals surface area (Å²) in [6.45, 7) is 1.85. The van der Waals surface area contributed by atoms with Crippen LogP contribution in [0, 0.1) is 0 Å². The Morgan fingerprint density at radius 1 is 0.688 bits per heavy atom. The normalized spacial score (nSPS) is 10.8. The molecule has 172 valence electrons. The Morgan fingerprint density at radius 2 is 1.25 bits per heavy atom. The van der Waals surface area contributed by atoms with E-state index in [4.69, 9.17) is 5.73 Å². The van der Waals surface area contributed by atoms with Gasteiger partial charge in [-0.1, -0.05) is 87.4 Å². The molecule has 0 aliphatic carbocycles. The van der Waals surface area contributed by atoms with E-state index in [1.165, 1.54) is 64.2 Å². The number of hydrogen-bond acceptors (Lipinski definition) is 2. The van der Waals surface area contributed by atoms with Gasteiger partial charge >= 0.3 is 0 Å². The third kappa shape index (κ3) is 8.14. The van der Waals surface area contributed by atoms with Gasteiger partial charge in [0.25, 0.3) is 0 Å². The summed E-state index contributed by atoms with van der Waals surface area (Å²) in [6, 6.07) is 17.9. The number of aromatic nitrogens is 1. The molecular formula is C28H37BrN2O. The van der Waals surface area contributed by atoms with Gasteiger partial charge in [-0.15, -0.1) is 0 Å². The molecule has 0 saturated heterocycles. The summed E-state index contributed by atoms with van der Waals surface area (Å²) in [5, 5.41) is 2.12. The highest BCUT2D eigenvalue weighted by molar-refractivity contribution is 6.16. The van der Waals surface area contributed by atoms with E-state index in [0.717, 1.165) is 35.0 Å². The van der Waals surface area contributed by atoms with E-state index in [0.29, 0.717) is 0 Å². The van der Waals surface area contributed by atoms with Gasteiger partial charge in [-0.25, -0.2) is 4.57 Å². The van der Waals surface area contributed by atoms with E-state index < -0.39 is 0 Å². The first-order chi connectivity index (χ1) is 15.3. The lowest BCUT2D eigenvalue weighted by Gasteiger charge is -2.06. The van der Waals surface area contributed by atoms with Crippen molar-refractivity contribution in [2.24, 2.45) is 5.73 Å². The number of aryl methyl sites for hydroxylation is 1. The molecule has 0 fully saturated rings. The third-order valence-corrected chi connectivity index (χ3v) is 6.06. The van der Waals surface area contributed by atoms with Crippen LogP contribution in [0.15, 0.2) is 67.0 Å². The molecule has 0 atom stereocenters. The van der Waals surface area contributed by atoms with E-state index in [-0.39, 0.29) is 22.8 Å². The summed E-state index contributed by atoms with van der Waals surface area (Å²) in [5.74, 6) is 0.0898. The summed E-state index contributed by atoms with van der Waals surface area (Å²) >= 11 is 0. The van der Waals surface area contributed by atoms with Gasteiger partial charge in [0.15, 0.2) is 18.2 Å². The Kier molecular flexibility index (Phi) is 12.2. The monoisotopic (exact) mass is 496 g/mol. The molecule has 1 aromatic heterocycles. The van der Waals surface area contributed by atoms with E-state index in [1.807, 2.05) is 54.9 Å². The van der Waals surface area contributed by atoms with Crippen molar-refractivity contribution >= 4 is 16.6 Å². The molecule has 3 aromatic rings. The molecule has 0 radical (unpaired) electrons. The van der Waals surface area contributed by atoms with Gasteiger partial charge in [-0.3, -0.25) is 4.79 Å². The zero-order valence-electron chi connectivity index (χ0n) is 19.1. The lowest BCUT2D eigenvalue weighted by molar-refractivity contribution is -0.697. The maximum atomic E-state index is 13.0. The molecule has 3 rings (SSSR count). The Bertz CT molecular complexity index is 934. The Balaban J connectivity index is 0.00000363. The molecule has 0 unspecified atom stereocenters. The quantitative estimate of drug-likeness (QED) is 0.211. The molecule has 1 heterocycles. The fraction of sp³-hybridized carbons (Fsp3) is 0.429. The van der Waals surface area contributed by atoms with E-state index in [9.17, 15) is 4.79 Å². The summed E-state index contributed by atoms with van der Waals surface area (Å²) in [5.41, 5.74) is 7.05.